The van der Waals surface area contributed by atoms with Gasteiger partial charge in [-0.1, -0.05) is 0 Å². The molecule has 1 unspecified atom stereocenters. The van der Waals surface area contributed by atoms with Gasteiger partial charge in [0.1, 0.15) is 11.6 Å². The minimum absolute atomic E-state index is 0.0427. The molecule has 1 fully saturated rings. The summed E-state index contributed by atoms with van der Waals surface area (Å²) >= 11 is 0. The number of rotatable bonds is 2. The first-order chi connectivity index (χ1) is 10.6. The molecule has 3 rings (SSSR count). The summed E-state index contributed by atoms with van der Waals surface area (Å²) in [4.78, 5) is 14.3. The van der Waals surface area contributed by atoms with Crippen molar-refractivity contribution in [1.82, 2.24) is 9.47 Å². The predicted molar refractivity (Wildman–Crippen MR) is 78.1 cm³/mol. The fourth-order valence-electron chi connectivity index (χ4n) is 2.74. The second kappa shape index (κ2) is 5.81. The van der Waals surface area contributed by atoms with Crippen LogP contribution in [-0.4, -0.2) is 40.2 Å². The Kier molecular flexibility index (Phi) is 3.85. The Morgan fingerprint density at radius 1 is 1.41 bits per heavy atom. The van der Waals surface area contributed by atoms with E-state index in [9.17, 15) is 14.3 Å². The lowest BCUT2D eigenvalue weighted by Gasteiger charge is -2.36. The molecule has 2 aromatic rings. The highest BCUT2D eigenvalue weighted by Crippen LogP contribution is 2.27. The third-order valence-electron chi connectivity index (χ3n) is 3.90. The number of benzene rings is 1. The summed E-state index contributed by atoms with van der Waals surface area (Å²) in [5.74, 6) is -1.32. The van der Waals surface area contributed by atoms with E-state index in [1.165, 1.54) is 12.1 Å². The number of phenols is 1. The van der Waals surface area contributed by atoms with Crippen molar-refractivity contribution in [2.45, 2.75) is 6.04 Å². The lowest BCUT2D eigenvalue weighted by molar-refractivity contribution is -0.00486. The summed E-state index contributed by atoms with van der Waals surface area (Å²) in [5, 5.41) is 9.28. The number of aromatic nitrogens is 1. The Hall–Kier alpha value is -2.34. The van der Waals surface area contributed by atoms with Crippen molar-refractivity contribution in [3.8, 4) is 5.75 Å². The van der Waals surface area contributed by atoms with Gasteiger partial charge in [0.25, 0.3) is 5.91 Å². The molecule has 1 saturated heterocycles. The van der Waals surface area contributed by atoms with E-state index < -0.39 is 11.7 Å². The zero-order valence-corrected chi connectivity index (χ0v) is 12.2. The number of nitrogens with zero attached hydrogens (tertiary/aromatic N) is 2. The quantitative estimate of drug-likeness (QED) is 0.924. The number of halogens is 1. The molecule has 1 aliphatic rings. The highest BCUT2D eigenvalue weighted by molar-refractivity contribution is 5.95. The number of ether oxygens (including phenoxy) is 1. The molecule has 116 valence electrons. The van der Waals surface area contributed by atoms with Gasteiger partial charge < -0.3 is 19.3 Å². The number of carbonyl (C=O) groups is 1. The van der Waals surface area contributed by atoms with Crippen LogP contribution in [0.2, 0.25) is 0 Å². The summed E-state index contributed by atoms with van der Waals surface area (Å²) in [6, 6.07) is 7.14. The van der Waals surface area contributed by atoms with Gasteiger partial charge in [0.2, 0.25) is 0 Å². The van der Waals surface area contributed by atoms with E-state index >= 15 is 0 Å². The molecule has 0 spiro atoms. The number of morpholine rings is 1. The maximum atomic E-state index is 14.0. The highest BCUT2D eigenvalue weighted by Gasteiger charge is 2.31. The zero-order chi connectivity index (χ0) is 15.7. The molecule has 1 aromatic carbocycles. The Labute approximate surface area is 127 Å². The maximum Gasteiger partial charge on any atom is 0.257 e. The number of amides is 1. The average molecular weight is 304 g/mol. The molecule has 1 aromatic heterocycles. The van der Waals surface area contributed by atoms with Gasteiger partial charge in [-0.25, -0.2) is 4.39 Å². The number of phenolic OH excluding ortho intramolecular Hbond substituents is 1. The Morgan fingerprint density at radius 3 is 2.91 bits per heavy atom. The number of hydrogen-bond donors (Lipinski definition) is 1. The van der Waals surface area contributed by atoms with Crippen LogP contribution in [0.15, 0.2) is 36.5 Å². The normalized spacial score (nSPS) is 18.5. The molecule has 5 nitrogen and oxygen atoms in total. The second-order valence-corrected chi connectivity index (χ2v) is 5.30. The summed E-state index contributed by atoms with van der Waals surface area (Å²) in [7, 11) is 1.90. The van der Waals surface area contributed by atoms with Gasteiger partial charge in [0.15, 0.2) is 0 Å². The second-order valence-electron chi connectivity index (χ2n) is 5.30. The molecule has 0 saturated carbocycles. The molecular weight excluding hydrogens is 287 g/mol. The van der Waals surface area contributed by atoms with Crippen LogP contribution in [-0.2, 0) is 11.8 Å². The van der Waals surface area contributed by atoms with Crippen LogP contribution in [0.25, 0.3) is 0 Å². The predicted octanol–water partition coefficient (Wildman–Crippen LogP) is 2.08. The van der Waals surface area contributed by atoms with Gasteiger partial charge in [-0.3, -0.25) is 4.79 Å². The smallest absolute Gasteiger partial charge is 0.257 e. The van der Waals surface area contributed by atoms with Crippen LogP contribution >= 0.6 is 0 Å². The SMILES string of the molecule is Cn1cccc1C1COCCN1C(=O)c1ccc(O)cc1F. The van der Waals surface area contributed by atoms with E-state index in [4.69, 9.17) is 4.74 Å². The summed E-state index contributed by atoms with van der Waals surface area (Å²) in [6.07, 6.45) is 1.90. The van der Waals surface area contributed by atoms with Gasteiger partial charge in [0, 0.05) is 31.5 Å². The number of aryl methyl sites for hydroxylation is 1. The molecular formula is C16H17FN2O3. The Bertz CT molecular complexity index is 698. The molecule has 1 N–H and O–H groups in total. The van der Waals surface area contributed by atoms with Crippen LogP contribution in [0.5, 0.6) is 5.75 Å². The number of carbonyl (C=O) groups excluding carboxylic acids is 1. The largest absolute Gasteiger partial charge is 0.508 e. The first-order valence-corrected chi connectivity index (χ1v) is 7.06. The Balaban J connectivity index is 1.93. The van der Waals surface area contributed by atoms with Gasteiger partial charge in [-0.05, 0) is 24.3 Å². The molecule has 0 aliphatic carbocycles. The third kappa shape index (κ3) is 2.57. The van der Waals surface area contributed by atoms with E-state index in [1.807, 2.05) is 29.9 Å². The van der Waals surface area contributed by atoms with Gasteiger partial charge in [-0.15, -0.1) is 0 Å². The summed E-state index contributed by atoms with van der Waals surface area (Å²) < 4.78 is 21.4. The van der Waals surface area contributed by atoms with Gasteiger partial charge >= 0.3 is 0 Å². The van der Waals surface area contributed by atoms with Crippen molar-refractivity contribution in [3.63, 3.8) is 0 Å². The third-order valence-corrected chi connectivity index (χ3v) is 3.90. The summed E-state index contributed by atoms with van der Waals surface area (Å²) in [5.41, 5.74) is 0.895. The van der Waals surface area contributed by atoms with E-state index in [2.05, 4.69) is 0 Å². The molecule has 1 amide bonds. The minimum Gasteiger partial charge on any atom is -0.508 e. The van der Waals surface area contributed by atoms with Crippen molar-refractivity contribution in [1.29, 1.82) is 0 Å². The van der Waals surface area contributed by atoms with Crippen LogP contribution in [0.4, 0.5) is 4.39 Å². The van der Waals surface area contributed by atoms with Crippen molar-refractivity contribution < 1.29 is 19.0 Å². The standard InChI is InChI=1S/C16H17FN2O3/c1-18-6-2-3-14(18)15-10-22-8-7-19(15)16(21)12-5-4-11(20)9-13(12)17/h2-6,9,15,20H,7-8,10H2,1H3. The molecule has 22 heavy (non-hydrogen) atoms. The first kappa shape index (κ1) is 14.6. The number of hydrogen-bond acceptors (Lipinski definition) is 3. The average Bonchev–Trinajstić information content (AvgIpc) is 2.93. The fourth-order valence-corrected chi connectivity index (χ4v) is 2.74. The minimum atomic E-state index is -0.720. The van der Waals surface area contributed by atoms with Crippen molar-refractivity contribution in [2.75, 3.05) is 19.8 Å². The summed E-state index contributed by atoms with van der Waals surface area (Å²) in [6.45, 7) is 1.20. The van der Waals surface area contributed by atoms with Gasteiger partial charge in [-0.2, -0.15) is 0 Å². The van der Waals surface area contributed by atoms with Crippen LogP contribution < -0.4 is 0 Å². The molecule has 0 radical (unpaired) electrons. The topological polar surface area (TPSA) is 54.7 Å². The highest BCUT2D eigenvalue weighted by atomic mass is 19.1. The van der Waals surface area contributed by atoms with Crippen LogP contribution in [0.1, 0.15) is 22.1 Å². The lowest BCUT2D eigenvalue weighted by Crippen LogP contribution is -2.44. The molecule has 0 bridgehead atoms. The number of aromatic hydroxyl groups is 1. The lowest BCUT2D eigenvalue weighted by atomic mass is 10.1. The van der Waals surface area contributed by atoms with Crippen LogP contribution in [0, 0.1) is 5.82 Å². The van der Waals surface area contributed by atoms with Crippen LogP contribution in [0.3, 0.4) is 0 Å². The fraction of sp³-hybridized carbons (Fsp3) is 0.312. The first-order valence-electron chi connectivity index (χ1n) is 7.06. The van der Waals surface area contributed by atoms with Crippen molar-refractivity contribution in [3.05, 3.63) is 53.6 Å². The molecule has 1 aliphatic heterocycles. The van der Waals surface area contributed by atoms with E-state index in [0.717, 1.165) is 11.8 Å². The van der Waals surface area contributed by atoms with E-state index in [1.54, 1.807) is 4.90 Å². The van der Waals surface area contributed by atoms with E-state index in [0.29, 0.717) is 19.8 Å². The molecule has 2 heterocycles. The van der Waals surface area contributed by atoms with Crippen molar-refractivity contribution in [2.24, 2.45) is 7.05 Å². The zero-order valence-electron chi connectivity index (χ0n) is 12.2. The Morgan fingerprint density at radius 2 is 2.23 bits per heavy atom. The van der Waals surface area contributed by atoms with Gasteiger partial charge in [0.05, 0.1) is 24.8 Å². The van der Waals surface area contributed by atoms with E-state index in [-0.39, 0.29) is 17.4 Å². The van der Waals surface area contributed by atoms with Crippen molar-refractivity contribution >= 4 is 5.91 Å². The maximum absolute atomic E-state index is 14.0. The molecule has 6 heteroatoms. The molecule has 1 atom stereocenters. The monoisotopic (exact) mass is 304 g/mol.